The summed E-state index contributed by atoms with van der Waals surface area (Å²) in [4.78, 5) is 31.5. The number of likely N-dealkylation sites (tertiary alicyclic amines) is 1. The maximum absolute atomic E-state index is 12.8. The van der Waals surface area contributed by atoms with Gasteiger partial charge in [0.1, 0.15) is 12.4 Å². The number of fused-ring (bicyclic) bond motifs is 6. The van der Waals surface area contributed by atoms with Gasteiger partial charge in [-0.25, -0.2) is 0 Å². The fraction of sp³-hybridized carbons (Fsp3) is 0.522. The van der Waals surface area contributed by atoms with Gasteiger partial charge in [-0.1, -0.05) is 12.2 Å². The number of carbonyl (C=O) groups excluding carboxylic acids is 2. The van der Waals surface area contributed by atoms with E-state index in [0.717, 1.165) is 12.2 Å². The second-order valence-electron chi connectivity index (χ2n) is 8.38. The number of hydrogen-bond donors (Lipinski definition) is 2. The number of imide groups is 1. The largest absolute Gasteiger partial charge is 0.492 e. The van der Waals surface area contributed by atoms with Crippen molar-refractivity contribution in [2.24, 2.45) is 28.7 Å². The highest BCUT2D eigenvalue weighted by molar-refractivity contribution is 14.0. The van der Waals surface area contributed by atoms with Gasteiger partial charge in [-0.05, 0) is 37.3 Å². The number of aliphatic imine (C=N–C) groups is 1. The fourth-order valence-corrected chi connectivity index (χ4v) is 5.09. The van der Waals surface area contributed by atoms with E-state index in [0.29, 0.717) is 50.2 Å². The molecule has 1 saturated carbocycles. The number of allylic oxidation sites excluding steroid dienone is 2. The van der Waals surface area contributed by atoms with Gasteiger partial charge in [0.05, 0.1) is 24.9 Å². The predicted octanol–water partition coefficient (Wildman–Crippen LogP) is 1.77. The number of amides is 2. The van der Waals surface area contributed by atoms with Crippen LogP contribution >= 0.6 is 24.0 Å². The van der Waals surface area contributed by atoms with E-state index < -0.39 is 0 Å². The average Bonchev–Trinajstić information content (AvgIpc) is 3.57. The second kappa shape index (κ2) is 10.2. The molecule has 2 aliphatic heterocycles. The summed E-state index contributed by atoms with van der Waals surface area (Å²) < 4.78 is 16.4. The molecule has 33 heavy (non-hydrogen) atoms. The quantitative estimate of drug-likeness (QED) is 0.123. The summed E-state index contributed by atoms with van der Waals surface area (Å²) in [5, 5.41) is 6.39. The lowest BCUT2D eigenvalue weighted by atomic mass is 9.85. The molecule has 2 aliphatic carbocycles. The Morgan fingerprint density at radius 2 is 1.85 bits per heavy atom. The van der Waals surface area contributed by atoms with Crippen molar-refractivity contribution < 1.29 is 23.8 Å². The number of rotatable bonds is 8. The number of carbonyl (C=O) groups is 2. The van der Waals surface area contributed by atoms with Gasteiger partial charge in [0.15, 0.2) is 17.5 Å². The molecule has 4 atom stereocenters. The molecular formula is C23H29IN4O5. The summed E-state index contributed by atoms with van der Waals surface area (Å²) in [5.74, 6) is 2.86. The molecule has 9 nitrogen and oxygen atoms in total. The molecule has 0 spiro atoms. The van der Waals surface area contributed by atoms with E-state index in [-0.39, 0.29) is 66.3 Å². The first-order valence-corrected chi connectivity index (χ1v) is 11.2. The average molecular weight is 568 g/mol. The van der Waals surface area contributed by atoms with Crippen molar-refractivity contribution in [2.45, 2.75) is 13.3 Å². The Morgan fingerprint density at radius 3 is 2.58 bits per heavy atom. The number of ether oxygens (including phenoxy) is 3. The smallest absolute Gasteiger partial charge is 0.233 e. The lowest BCUT2D eigenvalue weighted by Gasteiger charge is -2.17. The van der Waals surface area contributed by atoms with Gasteiger partial charge in [-0.15, -0.1) is 24.0 Å². The highest BCUT2D eigenvalue weighted by Crippen LogP contribution is 2.52. The Hall–Kier alpha value is -2.50. The molecule has 10 heteroatoms. The highest BCUT2D eigenvalue weighted by Gasteiger charge is 2.58. The van der Waals surface area contributed by atoms with Crippen molar-refractivity contribution in [3.8, 4) is 17.2 Å². The van der Waals surface area contributed by atoms with E-state index in [2.05, 4.69) is 27.8 Å². The minimum absolute atomic E-state index is 0. The topological polar surface area (TPSA) is 101 Å². The molecule has 0 aromatic heterocycles. The van der Waals surface area contributed by atoms with Crippen LogP contribution in [0.1, 0.15) is 13.3 Å². The van der Waals surface area contributed by atoms with Gasteiger partial charge in [-0.2, -0.15) is 0 Å². The van der Waals surface area contributed by atoms with Gasteiger partial charge >= 0.3 is 0 Å². The molecule has 1 saturated heterocycles. The van der Waals surface area contributed by atoms with Gasteiger partial charge < -0.3 is 24.8 Å². The van der Waals surface area contributed by atoms with Crippen molar-refractivity contribution in [2.75, 3.05) is 39.6 Å². The SMILES string of the molecule is CCNC(=NCCN1C(=O)C2C3C=CC(C3)C2C1=O)NCCOc1ccc2c(c1)OCO2.I. The van der Waals surface area contributed by atoms with E-state index in [1.165, 1.54) is 4.90 Å². The number of hydrogen-bond acceptors (Lipinski definition) is 6. The second-order valence-corrected chi connectivity index (χ2v) is 8.38. The summed E-state index contributed by atoms with van der Waals surface area (Å²) in [7, 11) is 0. The monoisotopic (exact) mass is 568 g/mol. The molecular weight excluding hydrogens is 539 g/mol. The Labute approximate surface area is 209 Å². The molecule has 2 N–H and O–H groups in total. The van der Waals surface area contributed by atoms with E-state index in [1.54, 1.807) is 0 Å². The zero-order chi connectivity index (χ0) is 22.1. The summed E-state index contributed by atoms with van der Waals surface area (Å²) in [6.45, 7) is 4.57. The Kier molecular flexibility index (Phi) is 7.30. The molecule has 2 amide bonds. The number of benzene rings is 1. The zero-order valence-electron chi connectivity index (χ0n) is 18.5. The van der Waals surface area contributed by atoms with Crippen molar-refractivity contribution in [3.63, 3.8) is 0 Å². The lowest BCUT2D eigenvalue weighted by Crippen LogP contribution is -2.40. The van der Waals surface area contributed by atoms with Crippen LogP contribution in [0.5, 0.6) is 17.2 Å². The summed E-state index contributed by atoms with van der Waals surface area (Å²) >= 11 is 0. The van der Waals surface area contributed by atoms with Crippen molar-refractivity contribution >= 4 is 41.8 Å². The third-order valence-corrected chi connectivity index (χ3v) is 6.51. The Balaban J connectivity index is 0.00000259. The standard InChI is InChI=1S/C23H28N4O5.HI/c1-2-24-23(26-8-10-30-16-5-6-17-18(12-16)32-13-31-17)25-7-9-27-21(28)19-14-3-4-15(11-14)20(19)22(27)29;/h3-6,12,14-15,19-20H,2,7-11,13H2,1H3,(H2,24,25,26);1H. The summed E-state index contributed by atoms with van der Waals surface area (Å²) in [5.41, 5.74) is 0. The van der Waals surface area contributed by atoms with Crippen molar-refractivity contribution in [1.82, 2.24) is 15.5 Å². The molecule has 1 aromatic carbocycles. The zero-order valence-corrected chi connectivity index (χ0v) is 20.8. The predicted molar refractivity (Wildman–Crippen MR) is 132 cm³/mol. The maximum Gasteiger partial charge on any atom is 0.233 e. The Bertz CT molecular complexity index is 938. The van der Waals surface area contributed by atoms with Crippen LogP contribution in [0.2, 0.25) is 0 Å². The van der Waals surface area contributed by atoms with Gasteiger partial charge in [0, 0.05) is 19.2 Å². The van der Waals surface area contributed by atoms with Crippen LogP contribution in [-0.4, -0.2) is 62.3 Å². The first-order chi connectivity index (χ1) is 15.7. The first-order valence-electron chi connectivity index (χ1n) is 11.2. The third kappa shape index (κ3) is 4.62. The number of halogens is 1. The number of nitrogens with one attached hydrogen (secondary N) is 2. The van der Waals surface area contributed by atoms with Crippen LogP contribution in [-0.2, 0) is 9.59 Å². The van der Waals surface area contributed by atoms with E-state index >= 15 is 0 Å². The summed E-state index contributed by atoms with van der Waals surface area (Å²) in [6.07, 6.45) is 5.16. The molecule has 2 fully saturated rings. The third-order valence-electron chi connectivity index (χ3n) is 6.51. The molecule has 5 rings (SSSR count). The minimum Gasteiger partial charge on any atom is -0.492 e. The van der Waals surface area contributed by atoms with Crippen molar-refractivity contribution in [1.29, 1.82) is 0 Å². The summed E-state index contributed by atoms with van der Waals surface area (Å²) in [6, 6.07) is 5.48. The molecule has 4 aliphatic rings. The van der Waals surface area contributed by atoms with Crippen LogP contribution in [0.15, 0.2) is 35.3 Å². The van der Waals surface area contributed by atoms with E-state index in [4.69, 9.17) is 14.2 Å². The van der Waals surface area contributed by atoms with Crippen LogP contribution in [0.25, 0.3) is 0 Å². The van der Waals surface area contributed by atoms with Crippen LogP contribution in [0.4, 0.5) is 0 Å². The molecule has 2 bridgehead atoms. The van der Waals surface area contributed by atoms with Crippen LogP contribution < -0.4 is 24.8 Å². The molecule has 178 valence electrons. The first kappa shape index (κ1) is 23.7. The maximum atomic E-state index is 12.8. The molecule has 0 radical (unpaired) electrons. The normalized spacial score (nSPS) is 26.5. The van der Waals surface area contributed by atoms with Crippen LogP contribution in [0.3, 0.4) is 0 Å². The fourth-order valence-electron chi connectivity index (χ4n) is 5.09. The van der Waals surface area contributed by atoms with Gasteiger partial charge in [-0.3, -0.25) is 19.5 Å². The highest BCUT2D eigenvalue weighted by atomic mass is 127. The van der Waals surface area contributed by atoms with Gasteiger partial charge in [0.2, 0.25) is 18.6 Å². The lowest BCUT2D eigenvalue weighted by molar-refractivity contribution is -0.140. The Morgan fingerprint density at radius 1 is 1.12 bits per heavy atom. The van der Waals surface area contributed by atoms with Crippen LogP contribution in [0, 0.1) is 23.7 Å². The molecule has 1 aromatic rings. The minimum atomic E-state index is -0.152. The van der Waals surface area contributed by atoms with E-state index in [9.17, 15) is 9.59 Å². The van der Waals surface area contributed by atoms with Gasteiger partial charge in [0.25, 0.3) is 0 Å². The molecule has 2 heterocycles. The number of guanidine groups is 1. The van der Waals surface area contributed by atoms with E-state index in [1.807, 2.05) is 25.1 Å². The molecule has 4 unspecified atom stereocenters. The number of nitrogens with zero attached hydrogens (tertiary/aromatic N) is 2. The van der Waals surface area contributed by atoms with Crippen molar-refractivity contribution in [3.05, 3.63) is 30.4 Å².